The molecule has 2 aliphatic carbocycles. The van der Waals surface area contributed by atoms with Crippen LogP contribution in [-0.4, -0.2) is 55.1 Å². The first-order valence-electron chi connectivity index (χ1n) is 17.0. The van der Waals surface area contributed by atoms with Gasteiger partial charge in [0.1, 0.15) is 11.5 Å². The van der Waals surface area contributed by atoms with E-state index in [0.29, 0.717) is 42.6 Å². The minimum Gasteiger partial charge on any atom is -0.490 e. The Morgan fingerprint density at radius 3 is 2.73 bits per heavy atom. The molecule has 0 bridgehead atoms. The number of ether oxygens (including phenoxy) is 1. The highest BCUT2D eigenvalue weighted by Gasteiger charge is 2.48. The molecule has 1 aliphatic heterocycles. The van der Waals surface area contributed by atoms with Crippen molar-refractivity contribution in [3.05, 3.63) is 87.8 Å². The number of sulfonamides is 1. The Morgan fingerprint density at radius 2 is 2.04 bits per heavy atom. The van der Waals surface area contributed by atoms with Crippen LogP contribution in [0.15, 0.2) is 59.1 Å². The topological polar surface area (TPSA) is 122 Å². The Balaban J connectivity index is 1.37. The van der Waals surface area contributed by atoms with Crippen molar-refractivity contribution in [1.82, 2.24) is 9.88 Å². The second kappa shape index (κ2) is 13.5. The van der Waals surface area contributed by atoms with Crippen molar-refractivity contribution in [3.63, 3.8) is 0 Å². The van der Waals surface area contributed by atoms with Gasteiger partial charge in [-0.25, -0.2) is 13.1 Å². The molecule has 2 heterocycles. The van der Waals surface area contributed by atoms with Crippen molar-refractivity contribution in [1.29, 1.82) is 0 Å². The Kier molecular flexibility index (Phi) is 9.72. The summed E-state index contributed by atoms with van der Waals surface area (Å²) in [6, 6.07) is 13.2. The number of carbonyl (C=O) groups excluding carboxylic acids is 1. The molecule has 0 saturated heterocycles. The first-order valence-corrected chi connectivity index (χ1v) is 18.9. The van der Waals surface area contributed by atoms with E-state index in [2.05, 4.69) is 33.8 Å². The summed E-state index contributed by atoms with van der Waals surface area (Å²) in [6.07, 6.45) is 9.78. The zero-order valence-corrected chi connectivity index (χ0v) is 29.7. The number of hydrogen-bond donors (Lipinski definition) is 2. The SMILES string of the molecule is CC/C=C/[C@@](O)(Cc1cc(C)on1)[C@@H]1CC[C@H]1CN1C[C@@]2(CCCc3cc(Cl)ccc32)COc2ccc(C(=O)NS(=O)(=O)C(C)C)cc21. The van der Waals surface area contributed by atoms with Gasteiger partial charge in [-0.3, -0.25) is 4.79 Å². The average molecular weight is 696 g/mol. The number of benzene rings is 2. The Bertz CT molecular complexity index is 1810. The van der Waals surface area contributed by atoms with Crippen molar-refractivity contribution in [3.8, 4) is 5.75 Å². The lowest BCUT2D eigenvalue weighted by Gasteiger charge is -2.49. The van der Waals surface area contributed by atoms with Gasteiger partial charge in [-0.15, -0.1) is 0 Å². The van der Waals surface area contributed by atoms with E-state index in [9.17, 15) is 18.3 Å². The number of aromatic nitrogens is 1. The van der Waals surface area contributed by atoms with Gasteiger partial charge in [-0.05, 0) is 113 Å². The van der Waals surface area contributed by atoms with E-state index in [-0.39, 0.29) is 22.8 Å². The largest absolute Gasteiger partial charge is 0.490 e. The van der Waals surface area contributed by atoms with Crippen LogP contribution in [0.5, 0.6) is 5.75 Å². The summed E-state index contributed by atoms with van der Waals surface area (Å²) in [5.41, 5.74) is 2.73. The number of halogens is 1. The number of allylic oxidation sites excluding steroid dienone is 1. The van der Waals surface area contributed by atoms with Crippen LogP contribution >= 0.6 is 11.6 Å². The van der Waals surface area contributed by atoms with Crippen LogP contribution in [0.25, 0.3) is 0 Å². The van der Waals surface area contributed by atoms with E-state index in [1.165, 1.54) is 25.0 Å². The van der Waals surface area contributed by atoms with Gasteiger partial charge >= 0.3 is 0 Å². The highest BCUT2D eigenvalue weighted by molar-refractivity contribution is 7.90. The summed E-state index contributed by atoms with van der Waals surface area (Å²) in [5, 5.41) is 16.4. The summed E-state index contributed by atoms with van der Waals surface area (Å²) in [7, 11) is -3.82. The Morgan fingerprint density at radius 1 is 1.23 bits per heavy atom. The summed E-state index contributed by atoms with van der Waals surface area (Å²) < 4.78 is 39.3. The number of aliphatic hydroxyl groups is 1. The van der Waals surface area contributed by atoms with Gasteiger partial charge in [0, 0.05) is 41.6 Å². The predicted octanol–water partition coefficient (Wildman–Crippen LogP) is 6.54. The molecule has 0 radical (unpaired) electrons. The quantitative estimate of drug-likeness (QED) is 0.229. The number of fused-ring (bicyclic) bond motifs is 3. The van der Waals surface area contributed by atoms with Crippen molar-refractivity contribution >= 4 is 33.2 Å². The molecule has 3 aliphatic rings. The van der Waals surface area contributed by atoms with Gasteiger partial charge in [0.25, 0.3) is 5.91 Å². The highest BCUT2D eigenvalue weighted by atomic mass is 35.5. The first-order chi connectivity index (χ1) is 22.8. The maximum atomic E-state index is 13.3. The van der Waals surface area contributed by atoms with E-state index in [1.807, 2.05) is 31.2 Å². The van der Waals surface area contributed by atoms with Crippen molar-refractivity contribution in [2.24, 2.45) is 11.8 Å². The molecule has 2 aromatic carbocycles. The predicted molar refractivity (Wildman–Crippen MR) is 187 cm³/mol. The van der Waals surface area contributed by atoms with Crippen LogP contribution in [0, 0.1) is 18.8 Å². The molecule has 6 rings (SSSR count). The number of aryl methyl sites for hydroxylation is 2. The zero-order chi connectivity index (χ0) is 34.3. The summed E-state index contributed by atoms with van der Waals surface area (Å²) in [5.74, 6) is 0.789. The van der Waals surface area contributed by atoms with Crippen LogP contribution in [-0.2, 0) is 28.3 Å². The van der Waals surface area contributed by atoms with E-state index in [0.717, 1.165) is 49.9 Å². The van der Waals surface area contributed by atoms with Gasteiger partial charge in [-0.2, -0.15) is 0 Å². The molecule has 1 aromatic heterocycles. The number of hydrogen-bond acceptors (Lipinski definition) is 8. The molecular formula is C37H46ClN3O6S. The smallest absolute Gasteiger partial charge is 0.264 e. The number of amides is 1. The molecule has 11 heteroatoms. The van der Waals surface area contributed by atoms with Gasteiger partial charge in [0.2, 0.25) is 10.0 Å². The number of rotatable bonds is 10. The van der Waals surface area contributed by atoms with Crippen molar-refractivity contribution in [2.75, 3.05) is 24.6 Å². The van der Waals surface area contributed by atoms with Gasteiger partial charge in [0.05, 0.1) is 28.8 Å². The Hall–Kier alpha value is -3.34. The molecule has 9 nitrogen and oxygen atoms in total. The molecular weight excluding hydrogens is 650 g/mol. The molecule has 3 aromatic rings. The molecule has 1 saturated carbocycles. The minimum absolute atomic E-state index is 0.0269. The molecule has 2 N–H and O–H groups in total. The third kappa shape index (κ3) is 6.89. The number of carbonyl (C=O) groups is 1. The lowest BCUT2D eigenvalue weighted by Crippen LogP contribution is -2.53. The third-order valence-corrected chi connectivity index (χ3v) is 12.4. The summed E-state index contributed by atoms with van der Waals surface area (Å²) >= 11 is 6.44. The van der Waals surface area contributed by atoms with Crippen molar-refractivity contribution in [2.45, 2.75) is 88.9 Å². The second-order valence-electron chi connectivity index (χ2n) is 14.2. The lowest BCUT2D eigenvalue weighted by molar-refractivity contribution is -0.0455. The molecule has 1 amide bonds. The molecule has 4 atom stereocenters. The summed E-state index contributed by atoms with van der Waals surface area (Å²) in [6.45, 7) is 8.70. The van der Waals surface area contributed by atoms with Gasteiger partial charge in [0.15, 0.2) is 0 Å². The van der Waals surface area contributed by atoms with Gasteiger partial charge < -0.3 is 19.3 Å². The monoisotopic (exact) mass is 695 g/mol. The average Bonchev–Trinajstić information content (AvgIpc) is 3.36. The van der Waals surface area contributed by atoms with Crippen LogP contribution in [0.4, 0.5) is 5.69 Å². The minimum atomic E-state index is -3.82. The van der Waals surface area contributed by atoms with Crippen molar-refractivity contribution < 1.29 is 27.6 Å². The maximum absolute atomic E-state index is 13.3. The van der Waals surface area contributed by atoms with E-state index >= 15 is 0 Å². The number of nitrogens with one attached hydrogen (secondary N) is 1. The molecule has 1 fully saturated rings. The normalized spacial score (nSPS) is 23.6. The maximum Gasteiger partial charge on any atom is 0.264 e. The lowest BCUT2D eigenvalue weighted by atomic mass is 9.63. The molecule has 1 spiro atoms. The van der Waals surface area contributed by atoms with Gasteiger partial charge in [-0.1, -0.05) is 41.9 Å². The molecule has 48 heavy (non-hydrogen) atoms. The fourth-order valence-corrected chi connectivity index (χ4v) is 8.52. The fraction of sp³-hybridized carbons (Fsp3) is 0.514. The standard InChI is InChI=1S/C37H46ClN3O6S/c1-5-6-16-37(43,20-30-17-25(4)47-39-30)32-12-9-28(32)21-41-22-36(15-7-8-26-18-29(38)11-13-31(26)36)23-46-34-14-10-27(19-33(34)41)35(42)40-48(44,45)24(2)3/h6,10-11,13-14,16-19,24,28,32,43H,5,7-9,12,15,20-23H2,1-4H3,(H,40,42)/b16-6+/t28-,32+,36-,37+/m0/s1. The van der Waals surface area contributed by atoms with Crippen LogP contribution < -0.4 is 14.4 Å². The summed E-state index contributed by atoms with van der Waals surface area (Å²) in [4.78, 5) is 15.6. The first kappa shape index (κ1) is 34.5. The molecule has 0 unspecified atom stereocenters. The van der Waals surface area contributed by atoms with E-state index in [4.69, 9.17) is 20.9 Å². The van der Waals surface area contributed by atoms with E-state index < -0.39 is 26.8 Å². The fourth-order valence-electron chi connectivity index (χ4n) is 7.72. The van der Waals surface area contributed by atoms with Crippen LogP contribution in [0.1, 0.15) is 85.8 Å². The zero-order valence-electron chi connectivity index (χ0n) is 28.2. The van der Waals surface area contributed by atoms with E-state index in [1.54, 1.807) is 18.2 Å². The second-order valence-corrected chi connectivity index (χ2v) is 16.8. The van der Waals surface area contributed by atoms with Crippen LogP contribution in [0.2, 0.25) is 5.02 Å². The van der Waals surface area contributed by atoms with Crippen LogP contribution in [0.3, 0.4) is 0 Å². The number of anilines is 1. The number of nitrogens with zero attached hydrogens (tertiary/aromatic N) is 2. The Labute approximate surface area is 288 Å². The highest BCUT2D eigenvalue weighted by Crippen LogP contribution is 2.48. The molecule has 258 valence electrons. The third-order valence-electron chi connectivity index (χ3n) is 10.5.